The van der Waals surface area contributed by atoms with Crippen LogP contribution in [0.3, 0.4) is 0 Å². The first-order valence-corrected chi connectivity index (χ1v) is 15.3. The van der Waals surface area contributed by atoms with Crippen LogP contribution in [0.5, 0.6) is 0 Å². The van der Waals surface area contributed by atoms with Crippen molar-refractivity contribution < 1.29 is 23.5 Å². The Morgan fingerprint density at radius 1 is 0.976 bits per heavy atom. The predicted octanol–water partition coefficient (Wildman–Crippen LogP) is 6.64. The molecule has 1 aliphatic carbocycles. The first-order chi connectivity index (χ1) is 19.8. The summed E-state index contributed by atoms with van der Waals surface area (Å²) in [7, 11) is -3.85. The van der Waals surface area contributed by atoms with Crippen molar-refractivity contribution in [1.82, 2.24) is 14.9 Å². The molecule has 1 saturated heterocycles. The summed E-state index contributed by atoms with van der Waals surface area (Å²) < 4.78 is 56.4. The number of sulfonamides is 1. The smallest absolute Gasteiger partial charge is 0.264 e. The molecule has 1 aliphatic heterocycles. The number of pyridine rings is 1. The summed E-state index contributed by atoms with van der Waals surface area (Å²) >= 11 is 0. The second-order valence-electron chi connectivity index (χ2n) is 10.4. The summed E-state index contributed by atoms with van der Waals surface area (Å²) in [5.74, 6) is -1.66. The third-order valence-electron chi connectivity index (χ3n) is 7.28. The first kappa shape index (κ1) is 29.1. The lowest BCUT2D eigenvalue weighted by Gasteiger charge is -2.19. The molecule has 0 amide bonds. The third kappa shape index (κ3) is 7.26. The van der Waals surface area contributed by atoms with Crippen LogP contribution >= 0.6 is 0 Å². The van der Waals surface area contributed by atoms with Gasteiger partial charge in [0.25, 0.3) is 10.0 Å². The van der Waals surface area contributed by atoms with Gasteiger partial charge in [-0.1, -0.05) is 68.1 Å². The molecule has 0 radical (unpaired) electrons. The Kier molecular flexibility index (Phi) is 9.24. The minimum Gasteiger partial charge on any atom is -0.293 e. The molecule has 1 aromatic heterocycles. The van der Waals surface area contributed by atoms with Gasteiger partial charge in [0, 0.05) is 38.2 Å². The molecule has 2 fully saturated rings. The van der Waals surface area contributed by atoms with Crippen molar-refractivity contribution >= 4 is 26.6 Å². The van der Waals surface area contributed by atoms with E-state index in [-0.39, 0.29) is 6.32 Å². The largest absolute Gasteiger partial charge is 0.293 e. The Morgan fingerprint density at radius 2 is 1.73 bits per heavy atom. The van der Waals surface area contributed by atoms with Crippen molar-refractivity contribution in [2.45, 2.75) is 50.7 Å². The van der Waals surface area contributed by atoms with E-state index in [1.807, 2.05) is 36.1 Å². The van der Waals surface area contributed by atoms with E-state index in [0.717, 1.165) is 22.6 Å². The number of hydrogen-bond acceptors (Lipinski definition) is 6. The number of anilines is 1. The van der Waals surface area contributed by atoms with Crippen LogP contribution in [0.25, 0.3) is 10.9 Å². The van der Waals surface area contributed by atoms with E-state index >= 15 is 0 Å². The number of rotatable bonds is 8. The van der Waals surface area contributed by atoms with Gasteiger partial charge < -0.3 is 0 Å². The van der Waals surface area contributed by atoms with E-state index in [4.69, 9.17) is 4.84 Å². The maximum atomic E-state index is 14.0. The van der Waals surface area contributed by atoms with Crippen LogP contribution in [-0.2, 0) is 28.0 Å². The molecule has 7 nitrogen and oxygen atoms in total. The van der Waals surface area contributed by atoms with Crippen LogP contribution in [0.2, 0.25) is 0 Å². The number of benzene rings is 3. The first-order valence-electron chi connectivity index (χ1n) is 13.8. The fraction of sp³-hybridized carbons (Fsp3) is 0.323. The highest BCUT2D eigenvalue weighted by atomic mass is 32.2. The van der Waals surface area contributed by atoms with Gasteiger partial charge in [-0.05, 0) is 42.3 Å². The minimum absolute atomic E-state index is 0. The molecule has 2 heterocycles. The molecule has 2 aliphatic rings. The van der Waals surface area contributed by atoms with Crippen LogP contribution in [0.1, 0.15) is 43.8 Å². The lowest BCUT2D eigenvalue weighted by atomic mass is 10.0. The standard InChI is InChI=1S/C27H26F2N4O3S.C4H8.H2/c1-19-15-20(17-36-33-14-13-32(18-33)16-22-6-2-8-23(28)26(22)29)10-11-24(19)31-37(34,35)25-9-3-5-21-7-4-12-30-27(21)25;1-2-4-3-1;/h2-12,15,31H,13-14,16-18H2,1H3;1-4H2;1H. The predicted molar refractivity (Wildman–Crippen MR) is 157 cm³/mol. The maximum absolute atomic E-state index is 14.0. The minimum atomic E-state index is -3.85. The second-order valence-corrected chi connectivity index (χ2v) is 12.0. The molecule has 4 aromatic rings. The Bertz CT molecular complexity index is 1610. The lowest BCUT2D eigenvalue weighted by molar-refractivity contribution is -0.162. The zero-order valence-corrected chi connectivity index (χ0v) is 23.8. The number of aryl methyl sites for hydroxylation is 1. The molecule has 218 valence electrons. The normalized spacial score (nSPS) is 15.8. The van der Waals surface area contributed by atoms with Gasteiger partial charge in [-0.3, -0.25) is 19.4 Å². The molecule has 1 saturated carbocycles. The van der Waals surface area contributed by atoms with Crippen molar-refractivity contribution in [2.24, 2.45) is 0 Å². The van der Waals surface area contributed by atoms with Gasteiger partial charge in [0.05, 0.1) is 24.5 Å². The molecule has 0 spiro atoms. The van der Waals surface area contributed by atoms with Crippen LogP contribution < -0.4 is 4.72 Å². The highest BCUT2D eigenvalue weighted by Gasteiger charge is 2.23. The number of aromatic nitrogens is 1. The third-order valence-corrected chi connectivity index (χ3v) is 8.68. The van der Waals surface area contributed by atoms with Gasteiger partial charge in [0.2, 0.25) is 0 Å². The highest BCUT2D eigenvalue weighted by Crippen LogP contribution is 2.26. The summed E-state index contributed by atoms with van der Waals surface area (Å²) in [6.07, 6.45) is 7.57. The molecule has 6 rings (SSSR count). The highest BCUT2D eigenvalue weighted by molar-refractivity contribution is 7.93. The van der Waals surface area contributed by atoms with Crippen molar-refractivity contribution in [3.63, 3.8) is 0 Å². The number of nitrogens with zero attached hydrogens (tertiary/aromatic N) is 3. The van der Waals surface area contributed by atoms with E-state index in [1.54, 1.807) is 35.5 Å². The molecule has 0 unspecified atom stereocenters. The molecular formula is C31H36F2N4O3S. The zero-order valence-electron chi connectivity index (χ0n) is 23.0. The van der Waals surface area contributed by atoms with Gasteiger partial charge in [-0.15, -0.1) is 0 Å². The summed E-state index contributed by atoms with van der Waals surface area (Å²) in [6, 6.07) is 18.2. The summed E-state index contributed by atoms with van der Waals surface area (Å²) in [5, 5.41) is 2.52. The van der Waals surface area contributed by atoms with Gasteiger partial charge >= 0.3 is 0 Å². The quantitative estimate of drug-likeness (QED) is 0.251. The second kappa shape index (κ2) is 13.0. The molecule has 3 aromatic carbocycles. The van der Waals surface area contributed by atoms with E-state index in [0.29, 0.717) is 49.7 Å². The maximum Gasteiger partial charge on any atom is 0.264 e. The van der Waals surface area contributed by atoms with Crippen LogP contribution in [-0.4, -0.2) is 43.1 Å². The SMILES string of the molecule is C1CCC1.Cc1cc(CON2CCN(Cc3cccc(F)c3F)C2)ccc1NS(=O)(=O)c1cccc2cccnc12.[HH]. The summed E-state index contributed by atoms with van der Waals surface area (Å²) in [6.45, 7) is 4.18. The summed E-state index contributed by atoms with van der Waals surface area (Å²) in [5.41, 5.74) is 2.83. The number of fused-ring (bicyclic) bond motifs is 1. The molecular weight excluding hydrogens is 546 g/mol. The van der Waals surface area contributed by atoms with Gasteiger partial charge in [-0.25, -0.2) is 17.2 Å². The molecule has 0 atom stereocenters. The number of para-hydroxylation sites is 1. The molecule has 0 bridgehead atoms. The van der Waals surface area contributed by atoms with Crippen LogP contribution in [0.4, 0.5) is 14.5 Å². The van der Waals surface area contributed by atoms with Crippen molar-refractivity contribution in [1.29, 1.82) is 0 Å². The Balaban J connectivity index is 0.000000747. The van der Waals surface area contributed by atoms with Gasteiger partial charge in [0.15, 0.2) is 11.6 Å². The zero-order chi connectivity index (χ0) is 28.8. The van der Waals surface area contributed by atoms with Crippen LogP contribution in [0, 0.1) is 18.6 Å². The number of halogens is 2. The molecule has 41 heavy (non-hydrogen) atoms. The number of hydrogen-bond donors (Lipinski definition) is 1. The number of nitrogens with one attached hydrogen (secondary N) is 1. The molecule has 1 N–H and O–H groups in total. The molecule has 10 heteroatoms. The van der Waals surface area contributed by atoms with E-state index in [1.165, 1.54) is 37.8 Å². The monoisotopic (exact) mass is 582 g/mol. The van der Waals surface area contributed by atoms with Gasteiger partial charge in [0.1, 0.15) is 4.90 Å². The fourth-order valence-electron chi connectivity index (χ4n) is 4.60. The number of hydroxylamine groups is 2. The van der Waals surface area contributed by atoms with E-state index in [2.05, 4.69) is 9.71 Å². The Morgan fingerprint density at radius 3 is 2.49 bits per heavy atom. The fourth-order valence-corrected chi connectivity index (χ4v) is 5.91. The van der Waals surface area contributed by atoms with Crippen molar-refractivity contribution in [3.05, 3.63) is 101 Å². The summed E-state index contributed by atoms with van der Waals surface area (Å²) in [4.78, 5) is 12.2. The average Bonchev–Trinajstić information content (AvgIpc) is 3.37. The van der Waals surface area contributed by atoms with Crippen LogP contribution in [0.15, 0.2) is 77.8 Å². The van der Waals surface area contributed by atoms with Crippen molar-refractivity contribution in [3.8, 4) is 0 Å². The Hall–Kier alpha value is -3.44. The van der Waals surface area contributed by atoms with Crippen molar-refractivity contribution in [2.75, 3.05) is 24.5 Å². The van der Waals surface area contributed by atoms with E-state index in [9.17, 15) is 17.2 Å². The van der Waals surface area contributed by atoms with E-state index < -0.39 is 21.7 Å². The lowest BCUT2D eigenvalue weighted by Crippen LogP contribution is -2.26. The Labute approximate surface area is 241 Å². The average molecular weight is 583 g/mol. The topological polar surface area (TPSA) is 74.8 Å². The van der Waals surface area contributed by atoms with Gasteiger partial charge in [-0.2, -0.15) is 5.06 Å².